The van der Waals surface area contributed by atoms with E-state index in [0.29, 0.717) is 21.3 Å². The van der Waals surface area contributed by atoms with Gasteiger partial charge in [-0.05, 0) is 74.6 Å². The average Bonchev–Trinajstić information content (AvgIpc) is 3.29. The summed E-state index contributed by atoms with van der Waals surface area (Å²) in [6.07, 6.45) is 5.01. The van der Waals surface area contributed by atoms with Crippen molar-refractivity contribution in [2.24, 2.45) is 0 Å². The average molecular weight is 555 g/mol. The van der Waals surface area contributed by atoms with Gasteiger partial charge in [-0.3, -0.25) is 13.9 Å². The van der Waals surface area contributed by atoms with E-state index in [9.17, 15) is 18.0 Å². The maximum absolute atomic E-state index is 13.7. The van der Waals surface area contributed by atoms with Crippen LogP contribution in [0.5, 0.6) is 0 Å². The first-order valence-corrected chi connectivity index (χ1v) is 14.6. The summed E-state index contributed by atoms with van der Waals surface area (Å²) < 4.78 is 26.5. The number of halogens is 2. The lowest BCUT2D eigenvalue weighted by atomic mass is 10.1. The van der Waals surface area contributed by atoms with Crippen LogP contribution in [0.15, 0.2) is 36.4 Å². The van der Waals surface area contributed by atoms with Crippen molar-refractivity contribution in [3.05, 3.63) is 63.1 Å². The molecule has 36 heavy (non-hydrogen) atoms. The highest BCUT2D eigenvalue weighted by Gasteiger charge is 2.31. The Hall–Kier alpha value is -2.29. The van der Waals surface area contributed by atoms with Gasteiger partial charge in [-0.1, -0.05) is 48.2 Å². The molecule has 3 rings (SSSR count). The van der Waals surface area contributed by atoms with Crippen LogP contribution in [0.2, 0.25) is 10.0 Å². The van der Waals surface area contributed by atoms with Gasteiger partial charge in [0.2, 0.25) is 21.8 Å². The van der Waals surface area contributed by atoms with Gasteiger partial charge in [0.1, 0.15) is 12.6 Å². The van der Waals surface area contributed by atoms with Gasteiger partial charge < -0.3 is 10.2 Å². The summed E-state index contributed by atoms with van der Waals surface area (Å²) in [5, 5.41) is 3.75. The molecule has 1 saturated carbocycles. The minimum Gasteiger partial charge on any atom is -0.352 e. The zero-order chi connectivity index (χ0) is 26.6. The molecular formula is C26H33Cl2N3O4S. The molecule has 0 aliphatic heterocycles. The summed E-state index contributed by atoms with van der Waals surface area (Å²) in [6, 6.07) is 9.64. The van der Waals surface area contributed by atoms with Gasteiger partial charge in [0.15, 0.2) is 0 Å². The highest BCUT2D eigenvalue weighted by molar-refractivity contribution is 7.92. The Morgan fingerprint density at radius 2 is 1.64 bits per heavy atom. The number of nitrogens with one attached hydrogen (secondary N) is 1. The predicted molar refractivity (Wildman–Crippen MR) is 145 cm³/mol. The Balaban J connectivity index is 1.92. The molecule has 0 aromatic heterocycles. The van der Waals surface area contributed by atoms with E-state index >= 15 is 0 Å². The lowest BCUT2D eigenvalue weighted by Gasteiger charge is -2.32. The van der Waals surface area contributed by atoms with Gasteiger partial charge in [0.25, 0.3) is 0 Å². The molecule has 2 amide bonds. The van der Waals surface area contributed by atoms with Gasteiger partial charge in [-0.15, -0.1) is 0 Å². The van der Waals surface area contributed by atoms with Crippen molar-refractivity contribution >= 4 is 50.7 Å². The SMILES string of the molecule is Cc1cc(C)cc(N(CC(=O)N(Cc2ccc(Cl)c(Cl)c2)C(C)C(=O)NC2CCCC2)S(C)(=O)=O)c1. The van der Waals surface area contributed by atoms with Crippen molar-refractivity contribution < 1.29 is 18.0 Å². The summed E-state index contributed by atoms with van der Waals surface area (Å²) in [5.74, 6) is -0.771. The van der Waals surface area contributed by atoms with Crippen molar-refractivity contribution in [3.8, 4) is 0 Å². The standard InChI is InChI=1S/C26H33Cl2N3O4S/c1-17-11-18(2)13-22(12-17)31(36(4,34)35)16-25(32)30(15-20-9-10-23(27)24(28)14-20)19(3)26(33)29-21-7-5-6-8-21/h9-14,19,21H,5-8,15-16H2,1-4H3,(H,29,33). The lowest BCUT2D eigenvalue weighted by Crippen LogP contribution is -2.52. The second kappa shape index (κ2) is 11.8. The number of hydrogen-bond acceptors (Lipinski definition) is 4. The number of carbonyl (C=O) groups excluding carboxylic acids is 2. The smallest absolute Gasteiger partial charge is 0.244 e. The molecule has 1 fully saturated rings. The predicted octanol–water partition coefficient (Wildman–Crippen LogP) is 4.85. The summed E-state index contributed by atoms with van der Waals surface area (Å²) in [6.45, 7) is 5.01. The molecule has 0 saturated heterocycles. The van der Waals surface area contributed by atoms with Gasteiger partial charge in [0, 0.05) is 12.6 Å². The third-order valence-corrected chi connectivity index (χ3v) is 8.26. The molecule has 1 aliphatic carbocycles. The van der Waals surface area contributed by atoms with E-state index < -0.39 is 28.5 Å². The molecular weight excluding hydrogens is 521 g/mol. The maximum atomic E-state index is 13.7. The van der Waals surface area contributed by atoms with E-state index in [1.807, 2.05) is 19.9 Å². The fraction of sp³-hybridized carbons (Fsp3) is 0.462. The molecule has 2 aromatic carbocycles. The van der Waals surface area contributed by atoms with Gasteiger partial charge in [-0.2, -0.15) is 0 Å². The zero-order valence-corrected chi connectivity index (χ0v) is 23.4. The third kappa shape index (κ3) is 7.37. The first-order chi connectivity index (χ1) is 16.8. The van der Waals surface area contributed by atoms with Crippen LogP contribution in [-0.4, -0.2) is 50.0 Å². The van der Waals surface area contributed by atoms with Crippen molar-refractivity contribution in [1.29, 1.82) is 0 Å². The summed E-state index contributed by atoms with van der Waals surface area (Å²) >= 11 is 12.2. The van der Waals surface area contributed by atoms with Crippen LogP contribution < -0.4 is 9.62 Å². The maximum Gasteiger partial charge on any atom is 0.244 e. The highest BCUT2D eigenvalue weighted by atomic mass is 35.5. The molecule has 0 heterocycles. The first kappa shape index (κ1) is 28.3. The number of rotatable bonds is 9. The van der Waals surface area contributed by atoms with Crippen LogP contribution in [0.3, 0.4) is 0 Å². The molecule has 0 spiro atoms. The molecule has 0 bridgehead atoms. The molecule has 1 aliphatic rings. The Kier molecular flexibility index (Phi) is 9.30. The number of nitrogens with zero attached hydrogens (tertiary/aromatic N) is 2. The largest absolute Gasteiger partial charge is 0.352 e. The lowest BCUT2D eigenvalue weighted by molar-refractivity contribution is -0.139. The van der Waals surface area contributed by atoms with Gasteiger partial charge >= 0.3 is 0 Å². The Morgan fingerprint density at radius 1 is 1.03 bits per heavy atom. The minimum atomic E-state index is -3.78. The Labute approximate surface area is 223 Å². The summed E-state index contributed by atoms with van der Waals surface area (Å²) in [7, 11) is -3.78. The van der Waals surface area contributed by atoms with Crippen LogP contribution in [0.4, 0.5) is 5.69 Å². The fourth-order valence-corrected chi connectivity index (χ4v) is 5.67. The Morgan fingerprint density at radius 3 is 2.19 bits per heavy atom. The molecule has 0 radical (unpaired) electrons. The van der Waals surface area contributed by atoms with Crippen LogP contribution in [0, 0.1) is 13.8 Å². The molecule has 10 heteroatoms. The zero-order valence-electron chi connectivity index (χ0n) is 21.1. The third-order valence-electron chi connectivity index (χ3n) is 6.38. The Bertz CT molecular complexity index is 1210. The molecule has 1 unspecified atom stereocenters. The minimum absolute atomic E-state index is 0.0689. The number of carbonyl (C=O) groups is 2. The molecule has 1 N–H and O–H groups in total. The normalized spacial score (nSPS) is 14.9. The van der Waals surface area contributed by atoms with E-state index in [2.05, 4.69) is 5.32 Å². The van der Waals surface area contributed by atoms with E-state index in [4.69, 9.17) is 23.2 Å². The van der Waals surface area contributed by atoms with E-state index in [1.165, 1.54) is 4.90 Å². The second-order valence-electron chi connectivity index (χ2n) is 9.55. The fourth-order valence-electron chi connectivity index (χ4n) is 4.52. The number of benzene rings is 2. The van der Waals surface area contributed by atoms with Crippen LogP contribution in [0.25, 0.3) is 0 Å². The molecule has 196 valence electrons. The van der Waals surface area contributed by atoms with Crippen LogP contribution in [-0.2, 0) is 26.2 Å². The van der Waals surface area contributed by atoms with Crippen molar-refractivity contribution in [2.75, 3.05) is 17.1 Å². The molecule has 1 atom stereocenters. The van der Waals surface area contributed by atoms with Crippen molar-refractivity contribution in [2.45, 2.75) is 65.1 Å². The monoisotopic (exact) mass is 553 g/mol. The van der Waals surface area contributed by atoms with E-state index in [0.717, 1.165) is 47.4 Å². The van der Waals surface area contributed by atoms with Gasteiger partial charge in [0.05, 0.1) is 22.0 Å². The van der Waals surface area contributed by atoms with E-state index in [1.54, 1.807) is 37.3 Å². The highest BCUT2D eigenvalue weighted by Crippen LogP contribution is 2.25. The first-order valence-electron chi connectivity index (χ1n) is 11.9. The topological polar surface area (TPSA) is 86.8 Å². The number of sulfonamides is 1. The molecule has 2 aromatic rings. The van der Waals surface area contributed by atoms with Crippen molar-refractivity contribution in [1.82, 2.24) is 10.2 Å². The van der Waals surface area contributed by atoms with Gasteiger partial charge in [-0.25, -0.2) is 8.42 Å². The summed E-state index contributed by atoms with van der Waals surface area (Å²) in [4.78, 5) is 28.2. The quantitative estimate of drug-likeness (QED) is 0.480. The number of aryl methyl sites for hydroxylation is 2. The van der Waals surface area contributed by atoms with Crippen LogP contribution in [0.1, 0.15) is 49.3 Å². The summed E-state index contributed by atoms with van der Waals surface area (Å²) in [5.41, 5.74) is 2.84. The number of amides is 2. The van der Waals surface area contributed by atoms with E-state index in [-0.39, 0.29) is 18.5 Å². The number of anilines is 1. The molecule has 7 nitrogen and oxygen atoms in total. The van der Waals surface area contributed by atoms with Crippen LogP contribution >= 0.6 is 23.2 Å². The second-order valence-corrected chi connectivity index (χ2v) is 12.3. The van der Waals surface area contributed by atoms with Crippen molar-refractivity contribution in [3.63, 3.8) is 0 Å². The number of hydrogen-bond donors (Lipinski definition) is 1.